The molecule has 1 saturated heterocycles. The number of amides is 1. The first-order valence-corrected chi connectivity index (χ1v) is 9.56. The Balaban J connectivity index is 1.67. The van der Waals surface area contributed by atoms with Gasteiger partial charge in [0.1, 0.15) is 6.10 Å². The van der Waals surface area contributed by atoms with E-state index in [0.29, 0.717) is 12.3 Å². The summed E-state index contributed by atoms with van der Waals surface area (Å²) in [5, 5.41) is 3.09. The number of carbonyl (C=O) groups excluding carboxylic acids is 1. The minimum Gasteiger partial charge on any atom is -0.351 e. The number of hydrogen-bond acceptors (Lipinski definition) is 5. The van der Waals surface area contributed by atoms with Crippen LogP contribution in [-0.2, 0) is 14.6 Å². The molecule has 1 amide bonds. The fourth-order valence-electron chi connectivity index (χ4n) is 3.52. The van der Waals surface area contributed by atoms with Crippen LogP contribution in [-0.4, -0.2) is 55.2 Å². The van der Waals surface area contributed by atoms with Crippen LogP contribution in [0.2, 0.25) is 0 Å². The molecule has 2 aliphatic rings. The molecule has 0 aromatic rings. The Labute approximate surface area is 146 Å². The fraction of sp³-hybridized carbons (Fsp3) is 0.944. The van der Waals surface area contributed by atoms with Gasteiger partial charge in [-0.2, -0.15) is 0 Å². The van der Waals surface area contributed by atoms with Gasteiger partial charge in [0, 0.05) is 18.6 Å². The SMILES string of the molecule is CCCCN(C)CC1CCC(C(=O)NC2CCC(C)C(N)C2)OO1. The van der Waals surface area contributed by atoms with Gasteiger partial charge in [-0.05, 0) is 58.0 Å². The molecule has 0 spiro atoms. The molecule has 1 aliphatic carbocycles. The van der Waals surface area contributed by atoms with E-state index >= 15 is 0 Å². The summed E-state index contributed by atoms with van der Waals surface area (Å²) in [6.45, 7) is 6.29. The first-order chi connectivity index (χ1) is 11.5. The zero-order valence-corrected chi connectivity index (χ0v) is 15.5. The summed E-state index contributed by atoms with van der Waals surface area (Å²) in [4.78, 5) is 25.5. The zero-order chi connectivity index (χ0) is 17.5. The van der Waals surface area contributed by atoms with Gasteiger partial charge in [-0.3, -0.25) is 4.79 Å². The second-order valence-electron chi connectivity index (χ2n) is 7.66. The van der Waals surface area contributed by atoms with Crippen molar-refractivity contribution >= 4 is 5.91 Å². The van der Waals surface area contributed by atoms with Crippen LogP contribution >= 0.6 is 0 Å². The average Bonchev–Trinajstić information content (AvgIpc) is 2.57. The summed E-state index contributed by atoms with van der Waals surface area (Å²) in [6.07, 6.45) is 6.45. The van der Waals surface area contributed by atoms with Crippen molar-refractivity contribution in [3.05, 3.63) is 0 Å². The monoisotopic (exact) mass is 341 g/mol. The first-order valence-electron chi connectivity index (χ1n) is 9.56. The molecule has 1 heterocycles. The number of nitrogens with zero attached hydrogens (tertiary/aromatic N) is 1. The molecule has 0 aromatic carbocycles. The van der Waals surface area contributed by atoms with Crippen molar-refractivity contribution < 1.29 is 14.6 Å². The Morgan fingerprint density at radius 3 is 2.67 bits per heavy atom. The summed E-state index contributed by atoms with van der Waals surface area (Å²) in [7, 11) is 2.10. The van der Waals surface area contributed by atoms with Gasteiger partial charge >= 0.3 is 0 Å². The van der Waals surface area contributed by atoms with Gasteiger partial charge in [0.25, 0.3) is 5.91 Å². The van der Waals surface area contributed by atoms with Crippen LogP contribution in [0.1, 0.15) is 58.8 Å². The number of rotatable bonds is 7. The molecule has 2 fully saturated rings. The van der Waals surface area contributed by atoms with Crippen molar-refractivity contribution in [3.8, 4) is 0 Å². The third-order valence-corrected chi connectivity index (χ3v) is 5.36. The highest BCUT2D eigenvalue weighted by Crippen LogP contribution is 2.24. The Kier molecular flexibility index (Phi) is 7.94. The van der Waals surface area contributed by atoms with Crippen molar-refractivity contribution in [3.63, 3.8) is 0 Å². The maximum atomic E-state index is 12.4. The predicted octanol–water partition coefficient (Wildman–Crippen LogP) is 1.83. The van der Waals surface area contributed by atoms with Gasteiger partial charge in [0.05, 0.1) is 0 Å². The number of carbonyl (C=O) groups is 1. The number of hydrogen-bond donors (Lipinski definition) is 2. The fourth-order valence-corrected chi connectivity index (χ4v) is 3.52. The summed E-state index contributed by atoms with van der Waals surface area (Å²) >= 11 is 0. The van der Waals surface area contributed by atoms with E-state index in [1.807, 2.05) is 0 Å². The Morgan fingerprint density at radius 2 is 2.04 bits per heavy atom. The molecular weight excluding hydrogens is 306 g/mol. The lowest BCUT2D eigenvalue weighted by Crippen LogP contribution is -2.50. The molecule has 140 valence electrons. The highest BCUT2D eigenvalue weighted by Gasteiger charge is 2.32. The molecule has 1 saturated carbocycles. The van der Waals surface area contributed by atoms with E-state index in [1.165, 1.54) is 12.8 Å². The van der Waals surface area contributed by atoms with Crippen LogP contribution in [0, 0.1) is 5.92 Å². The topological polar surface area (TPSA) is 76.8 Å². The van der Waals surface area contributed by atoms with Crippen molar-refractivity contribution in [2.75, 3.05) is 20.1 Å². The average molecular weight is 341 g/mol. The number of nitrogens with one attached hydrogen (secondary N) is 1. The molecule has 5 atom stereocenters. The van der Waals surface area contributed by atoms with Gasteiger partial charge in [-0.1, -0.05) is 20.3 Å². The minimum atomic E-state index is -0.488. The van der Waals surface area contributed by atoms with Crippen LogP contribution in [0.3, 0.4) is 0 Å². The van der Waals surface area contributed by atoms with Crippen LogP contribution in [0.4, 0.5) is 0 Å². The maximum Gasteiger partial charge on any atom is 0.252 e. The third-order valence-electron chi connectivity index (χ3n) is 5.36. The van der Waals surface area contributed by atoms with Gasteiger partial charge in [-0.15, -0.1) is 0 Å². The largest absolute Gasteiger partial charge is 0.351 e. The molecule has 5 unspecified atom stereocenters. The predicted molar refractivity (Wildman–Crippen MR) is 94.3 cm³/mol. The lowest BCUT2D eigenvalue weighted by Gasteiger charge is -2.34. The molecule has 1 aliphatic heterocycles. The van der Waals surface area contributed by atoms with E-state index in [1.54, 1.807) is 0 Å². The van der Waals surface area contributed by atoms with Crippen LogP contribution < -0.4 is 11.1 Å². The highest BCUT2D eigenvalue weighted by molar-refractivity contribution is 5.81. The summed E-state index contributed by atoms with van der Waals surface area (Å²) in [5.74, 6) is 0.484. The Hall–Kier alpha value is -0.690. The van der Waals surface area contributed by atoms with Crippen molar-refractivity contribution in [1.82, 2.24) is 10.2 Å². The van der Waals surface area contributed by atoms with Gasteiger partial charge in [0.2, 0.25) is 0 Å². The van der Waals surface area contributed by atoms with E-state index in [2.05, 4.69) is 31.1 Å². The molecular formula is C18H35N3O3. The van der Waals surface area contributed by atoms with Crippen LogP contribution in [0.5, 0.6) is 0 Å². The maximum absolute atomic E-state index is 12.4. The number of unbranched alkanes of at least 4 members (excludes halogenated alkanes) is 1. The van der Waals surface area contributed by atoms with E-state index < -0.39 is 6.10 Å². The van der Waals surface area contributed by atoms with E-state index in [0.717, 1.165) is 38.8 Å². The molecule has 6 nitrogen and oxygen atoms in total. The van der Waals surface area contributed by atoms with Gasteiger partial charge in [-0.25, -0.2) is 9.78 Å². The molecule has 0 bridgehead atoms. The number of likely N-dealkylation sites (N-methyl/N-ethyl adjacent to an activating group) is 1. The second-order valence-corrected chi connectivity index (χ2v) is 7.66. The van der Waals surface area contributed by atoms with Gasteiger partial charge < -0.3 is 16.0 Å². The summed E-state index contributed by atoms with van der Waals surface area (Å²) < 4.78 is 0. The van der Waals surface area contributed by atoms with Crippen LogP contribution in [0.25, 0.3) is 0 Å². The Bertz CT molecular complexity index is 386. The standard InChI is InChI=1S/C18H35N3O3/c1-4-5-10-21(3)12-15-8-9-17(24-23-15)18(22)20-14-7-6-13(2)16(19)11-14/h13-17H,4-12,19H2,1-3H3,(H,20,22). The Morgan fingerprint density at radius 1 is 1.25 bits per heavy atom. The highest BCUT2D eigenvalue weighted by atomic mass is 17.2. The third kappa shape index (κ3) is 5.99. The molecule has 0 aromatic heterocycles. The van der Waals surface area contributed by atoms with E-state index in [4.69, 9.17) is 15.5 Å². The zero-order valence-electron chi connectivity index (χ0n) is 15.5. The minimum absolute atomic E-state index is 0.0554. The quantitative estimate of drug-likeness (QED) is 0.691. The molecule has 0 radical (unpaired) electrons. The van der Waals surface area contributed by atoms with Gasteiger partial charge in [0.15, 0.2) is 6.10 Å². The number of nitrogens with two attached hydrogens (primary N) is 1. The van der Waals surface area contributed by atoms with Crippen molar-refractivity contribution in [2.24, 2.45) is 11.7 Å². The van der Waals surface area contributed by atoms with Crippen molar-refractivity contribution in [2.45, 2.75) is 83.1 Å². The normalized spacial score (nSPS) is 34.3. The van der Waals surface area contributed by atoms with Crippen molar-refractivity contribution in [1.29, 1.82) is 0 Å². The smallest absolute Gasteiger partial charge is 0.252 e. The first kappa shape index (κ1) is 19.6. The van der Waals surface area contributed by atoms with Crippen LogP contribution in [0.15, 0.2) is 0 Å². The van der Waals surface area contributed by atoms with E-state index in [9.17, 15) is 4.79 Å². The van der Waals surface area contributed by atoms with E-state index in [-0.39, 0.29) is 24.1 Å². The molecule has 6 heteroatoms. The lowest BCUT2D eigenvalue weighted by atomic mass is 9.83. The summed E-state index contributed by atoms with van der Waals surface area (Å²) in [6, 6.07) is 0.348. The molecule has 24 heavy (non-hydrogen) atoms. The lowest BCUT2D eigenvalue weighted by molar-refractivity contribution is -0.365. The molecule has 3 N–H and O–H groups in total. The summed E-state index contributed by atoms with van der Waals surface area (Å²) in [5.41, 5.74) is 6.11. The second kappa shape index (κ2) is 9.70. The molecule has 2 rings (SSSR count).